The third kappa shape index (κ3) is 3.35. The number of ether oxygens (including phenoxy) is 1. The molecule has 0 bridgehead atoms. The predicted octanol–water partition coefficient (Wildman–Crippen LogP) is 2.36. The second kappa shape index (κ2) is 5.58. The third-order valence-corrected chi connectivity index (χ3v) is 2.54. The maximum absolute atomic E-state index is 11.6. The van der Waals surface area contributed by atoms with Crippen LogP contribution >= 0.6 is 11.6 Å². The molecule has 2 aromatic rings. The van der Waals surface area contributed by atoms with Crippen LogP contribution < -0.4 is 5.43 Å². The molecule has 1 heterocycles. The van der Waals surface area contributed by atoms with Gasteiger partial charge in [0.05, 0.1) is 5.56 Å². The Morgan fingerprint density at radius 1 is 1.32 bits per heavy atom. The molecule has 0 aliphatic heterocycles. The number of benzene rings is 1. The van der Waals surface area contributed by atoms with Crippen molar-refractivity contribution in [1.82, 2.24) is 0 Å². The first-order valence-electron chi connectivity index (χ1n) is 5.29. The molecule has 0 saturated heterocycles. The summed E-state index contributed by atoms with van der Waals surface area (Å²) in [6.45, 7) is -0.197. The Balaban J connectivity index is 2.02. The summed E-state index contributed by atoms with van der Waals surface area (Å²) in [5.74, 6) is -0.912. The average Bonchev–Trinajstić information content (AvgIpc) is 2.40. The lowest BCUT2D eigenvalue weighted by atomic mass is 10.2. The zero-order valence-electron chi connectivity index (χ0n) is 9.63. The first-order valence-corrected chi connectivity index (χ1v) is 5.67. The van der Waals surface area contributed by atoms with Crippen molar-refractivity contribution in [3.63, 3.8) is 0 Å². The molecule has 6 heteroatoms. The SMILES string of the molecule is O=C(OCc1cc(=O)c(O)co1)c1ccc(Cl)cc1. The van der Waals surface area contributed by atoms with Crippen LogP contribution in [0.25, 0.3) is 0 Å². The van der Waals surface area contributed by atoms with Gasteiger partial charge in [-0.1, -0.05) is 11.6 Å². The number of hydrogen-bond acceptors (Lipinski definition) is 5. The molecule has 0 saturated carbocycles. The largest absolute Gasteiger partial charge is 0.502 e. The lowest BCUT2D eigenvalue weighted by molar-refractivity contribution is 0.0443. The summed E-state index contributed by atoms with van der Waals surface area (Å²) in [5.41, 5.74) is -0.255. The van der Waals surface area contributed by atoms with Crippen molar-refractivity contribution in [3.8, 4) is 5.75 Å². The summed E-state index contributed by atoms with van der Waals surface area (Å²) in [6, 6.07) is 7.25. The van der Waals surface area contributed by atoms with Gasteiger partial charge in [-0.2, -0.15) is 0 Å². The van der Waals surface area contributed by atoms with Gasteiger partial charge in [0.2, 0.25) is 5.43 Å². The van der Waals surface area contributed by atoms with E-state index in [1.54, 1.807) is 12.1 Å². The zero-order chi connectivity index (χ0) is 13.8. The number of rotatable bonds is 3. The average molecular weight is 281 g/mol. The molecule has 0 radical (unpaired) electrons. The maximum Gasteiger partial charge on any atom is 0.338 e. The van der Waals surface area contributed by atoms with E-state index in [1.807, 2.05) is 0 Å². The molecule has 5 nitrogen and oxygen atoms in total. The Morgan fingerprint density at radius 3 is 2.63 bits per heavy atom. The summed E-state index contributed by atoms with van der Waals surface area (Å²) in [4.78, 5) is 22.8. The van der Waals surface area contributed by atoms with Gasteiger partial charge in [0.15, 0.2) is 5.75 Å². The van der Waals surface area contributed by atoms with E-state index in [2.05, 4.69) is 0 Å². The Hall–Kier alpha value is -2.27. The van der Waals surface area contributed by atoms with E-state index in [-0.39, 0.29) is 12.4 Å². The van der Waals surface area contributed by atoms with Crippen LogP contribution in [0, 0.1) is 0 Å². The Labute approximate surface area is 113 Å². The van der Waals surface area contributed by atoms with E-state index >= 15 is 0 Å². The topological polar surface area (TPSA) is 76.7 Å². The van der Waals surface area contributed by atoms with Gasteiger partial charge in [0.25, 0.3) is 0 Å². The van der Waals surface area contributed by atoms with E-state index in [1.165, 1.54) is 12.1 Å². The van der Waals surface area contributed by atoms with Crippen LogP contribution in [0.15, 0.2) is 45.8 Å². The highest BCUT2D eigenvalue weighted by atomic mass is 35.5. The Morgan fingerprint density at radius 2 is 2.00 bits per heavy atom. The van der Waals surface area contributed by atoms with E-state index in [0.29, 0.717) is 10.6 Å². The van der Waals surface area contributed by atoms with E-state index in [4.69, 9.17) is 25.9 Å². The fourth-order valence-electron chi connectivity index (χ4n) is 1.33. The van der Waals surface area contributed by atoms with E-state index < -0.39 is 17.1 Å². The van der Waals surface area contributed by atoms with Crippen LogP contribution in [-0.2, 0) is 11.3 Å². The van der Waals surface area contributed by atoms with Gasteiger partial charge in [-0.05, 0) is 24.3 Å². The number of aromatic hydroxyl groups is 1. The Kier molecular flexibility index (Phi) is 3.87. The Bertz CT molecular complexity index is 645. The number of carbonyl (C=O) groups is 1. The molecule has 1 N–H and O–H groups in total. The van der Waals surface area contributed by atoms with E-state index in [0.717, 1.165) is 12.3 Å². The number of hydrogen-bond donors (Lipinski definition) is 1. The summed E-state index contributed by atoms with van der Waals surface area (Å²) >= 11 is 5.70. The zero-order valence-corrected chi connectivity index (χ0v) is 10.4. The van der Waals surface area contributed by atoms with Gasteiger partial charge in [-0.15, -0.1) is 0 Å². The van der Waals surface area contributed by atoms with Crippen LogP contribution in [0.1, 0.15) is 16.1 Å². The van der Waals surface area contributed by atoms with Gasteiger partial charge in [0.1, 0.15) is 18.6 Å². The highest BCUT2D eigenvalue weighted by Gasteiger charge is 2.09. The van der Waals surface area contributed by atoms with Gasteiger partial charge in [-0.25, -0.2) is 4.79 Å². The van der Waals surface area contributed by atoms with Gasteiger partial charge < -0.3 is 14.3 Å². The molecule has 0 unspecified atom stereocenters. The van der Waals surface area contributed by atoms with Crippen LogP contribution in [-0.4, -0.2) is 11.1 Å². The minimum Gasteiger partial charge on any atom is -0.502 e. The summed E-state index contributed by atoms with van der Waals surface area (Å²) in [7, 11) is 0. The number of carbonyl (C=O) groups excluding carboxylic acids is 1. The quantitative estimate of drug-likeness (QED) is 0.873. The van der Waals surface area contributed by atoms with Gasteiger partial charge in [0, 0.05) is 11.1 Å². The summed E-state index contributed by atoms with van der Waals surface area (Å²) in [5, 5.41) is 9.51. The summed E-state index contributed by atoms with van der Waals surface area (Å²) < 4.78 is 9.85. The normalized spacial score (nSPS) is 10.2. The lowest BCUT2D eigenvalue weighted by Gasteiger charge is -2.04. The number of esters is 1. The molecule has 1 aromatic heterocycles. The second-order valence-corrected chi connectivity index (χ2v) is 4.12. The molecule has 0 atom stereocenters. The molecular formula is C13H9ClO5. The summed E-state index contributed by atoms with van der Waals surface area (Å²) in [6.07, 6.45) is 0.897. The molecule has 0 aliphatic rings. The third-order valence-electron chi connectivity index (χ3n) is 2.29. The fraction of sp³-hybridized carbons (Fsp3) is 0.0769. The van der Waals surface area contributed by atoms with Gasteiger partial charge in [-0.3, -0.25) is 4.79 Å². The fourth-order valence-corrected chi connectivity index (χ4v) is 1.45. The standard InChI is InChI=1S/C13H9ClO5/c14-9-3-1-8(2-4-9)13(17)19-6-10-5-11(15)12(16)7-18-10/h1-5,7,16H,6H2. The number of halogens is 1. The minimum absolute atomic E-state index is 0.144. The smallest absolute Gasteiger partial charge is 0.338 e. The highest BCUT2D eigenvalue weighted by Crippen LogP contribution is 2.11. The van der Waals surface area contributed by atoms with Crippen molar-refractivity contribution >= 4 is 17.6 Å². The first-order chi connectivity index (χ1) is 9.06. The molecule has 0 amide bonds. The molecule has 0 fully saturated rings. The molecule has 0 aliphatic carbocycles. The monoisotopic (exact) mass is 280 g/mol. The molecule has 2 rings (SSSR count). The second-order valence-electron chi connectivity index (χ2n) is 3.68. The van der Waals surface area contributed by atoms with Crippen molar-refractivity contribution in [2.75, 3.05) is 0 Å². The highest BCUT2D eigenvalue weighted by molar-refractivity contribution is 6.30. The molecular weight excluding hydrogens is 272 g/mol. The molecule has 1 aromatic carbocycles. The van der Waals surface area contributed by atoms with Crippen LogP contribution in [0.2, 0.25) is 5.02 Å². The first kappa shape index (κ1) is 13.2. The maximum atomic E-state index is 11.6. The van der Waals surface area contributed by atoms with Crippen LogP contribution in [0.5, 0.6) is 5.75 Å². The van der Waals surface area contributed by atoms with Crippen LogP contribution in [0.4, 0.5) is 0 Å². The van der Waals surface area contributed by atoms with E-state index in [9.17, 15) is 9.59 Å². The molecule has 0 spiro atoms. The lowest BCUT2D eigenvalue weighted by Crippen LogP contribution is -2.07. The van der Waals surface area contributed by atoms with Gasteiger partial charge >= 0.3 is 5.97 Å². The van der Waals surface area contributed by atoms with Crippen molar-refractivity contribution < 1.29 is 19.1 Å². The molecule has 98 valence electrons. The predicted molar refractivity (Wildman–Crippen MR) is 67.2 cm³/mol. The van der Waals surface area contributed by atoms with Crippen molar-refractivity contribution in [3.05, 3.63) is 63.2 Å². The van der Waals surface area contributed by atoms with Crippen LogP contribution in [0.3, 0.4) is 0 Å². The minimum atomic E-state index is -0.594. The van der Waals surface area contributed by atoms with Crippen molar-refractivity contribution in [2.45, 2.75) is 6.61 Å². The molecule has 19 heavy (non-hydrogen) atoms. The van der Waals surface area contributed by atoms with Crippen molar-refractivity contribution in [1.29, 1.82) is 0 Å². The van der Waals surface area contributed by atoms with Crippen molar-refractivity contribution in [2.24, 2.45) is 0 Å².